The summed E-state index contributed by atoms with van der Waals surface area (Å²) in [4.78, 5) is 0.950. The Morgan fingerprint density at radius 2 is 1.78 bits per heavy atom. The Hall–Kier alpha value is -1.81. The van der Waals surface area contributed by atoms with Crippen molar-refractivity contribution in [3.8, 4) is 11.5 Å². The number of hydrogen-bond acceptors (Lipinski definition) is 3. The summed E-state index contributed by atoms with van der Waals surface area (Å²) in [5.74, 6) is -0.118. The van der Waals surface area contributed by atoms with Gasteiger partial charge in [0.15, 0.2) is 0 Å². The van der Waals surface area contributed by atoms with Gasteiger partial charge in [-0.05, 0) is 43.7 Å². The van der Waals surface area contributed by atoms with Crippen LogP contribution in [0.25, 0.3) is 0 Å². The normalized spacial score (nSPS) is 12.3. The third-order valence-electron chi connectivity index (χ3n) is 2.77. The van der Waals surface area contributed by atoms with Crippen LogP contribution in [0.5, 0.6) is 11.5 Å². The van der Waals surface area contributed by atoms with Crippen LogP contribution in [0.4, 0.5) is 0 Å². The Balaban J connectivity index is 2.50. The topological polar surface area (TPSA) is 57.5 Å². The highest BCUT2D eigenvalue weighted by Crippen LogP contribution is 2.33. The Labute approximate surface area is 108 Å². The van der Waals surface area contributed by atoms with E-state index in [2.05, 4.69) is 0 Å². The number of phenols is 2. The Bertz CT molecular complexity index is 620. The summed E-state index contributed by atoms with van der Waals surface area (Å²) in [5.41, 5.74) is 1.35. The lowest BCUT2D eigenvalue weighted by molar-refractivity contribution is 0.433. The van der Waals surface area contributed by atoms with Gasteiger partial charge in [0.1, 0.15) is 11.5 Å². The van der Waals surface area contributed by atoms with Gasteiger partial charge >= 0.3 is 0 Å². The summed E-state index contributed by atoms with van der Waals surface area (Å²) in [6, 6.07) is 10.2. The fraction of sp³-hybridized carbons (Fsp3) is 0.143. The molecule has 3 nitrogen and oxygen atoms in total. The van der Waals surface area contributed by atoms with Gasteiger partial charge in [0.2, 0.25) is 0 Å². The lowest BCUT2D eigenvalue weighted by Crippen LogP contribution is -1.95. The van der Waals surface area contributed by atoms with Crippen molar-refractivity contribution in [2.24, 2.45) is 0 Å². The van der Waals surface area contributed by atoms with Crippen LogP contribution in [-0.4, -0.2) is 14.4 Å². The number of aryl methyl sites for hydroxylation is 1. The van der Waals surface area contributed by atoms with Crippen molar-refractivity contribution in [1.82, 2.24) is 0 Å². The number of aromatic hydroxyl groups is 2. The van der Waals surface area contributed by atoms with E-state index in [4.69, 9.17) is 0 Å². The van der Waals surface area contributed by atoms with Crippen LogP contribution in [-0.2, 0) is 10.8 Å². The van der Waals surface area contributed by atoms with E-state index in [1.54, 1.807) is 13.0 Å². The SMILES string of the molecule is Cc1cccc(S(=O)c2ccc(O)c(C)c2O)c1. The monoisotopic (exact) mass is 262 g/mol. The van der Waals surface area contributed by atoms with E-state index in [9.17, 15) is 14.4 Å². The average Bonchev–Trinajstić information content (AvgIpc) is 2.35. The smallest absolute Gasteiger partial charge is 0.138 e. The van der Waals surface area contributed by atoms with E-state index < -0.39 is 10.8 Å². The van der Waals surface area contributed by atoms with Crippen LogP contribution in [0.1, 0.15) is 11.1 Å². The zero-order chi connectivity index (χ0) is 13.3. The molecular weight excluding hydrogens is 248 g/mol. The molecule has 2 aromatic carbocycles. The molecule has 0 spiro atoms. The third kappa shape index (κ3) is 2.24. The first-order valence-corrected chi connectivity index (χ1v) is 6.65. The van der Waals surface area contributed by atoms with E-state index in [1.807, 2.05) is 25.1 Å². The first-order chi connectivity index (χ1) is 8.50. The van der Waals surface area contributed by atoms with Crippen molar-refractivity contribution in [1.29, 1.82) is 0 Å². The molecule has 0 saturated carbocycles. The summed E-state index contributed by atoms with van der Waals surface area (Å²) in [7, 11) is -1.45. The minimum atomic E-state index is -1.45. The molecule has 0 bridgehead atoms. The first kappa shape index (κ1) is 12.6. The molecule has 0 aromatic heterocycles. The van der Waals surface area contributed by atoms with Crippen molar-refractivity contribution in [3.05, 3.63) is 47.5 Å². The molecule has 0 heterocycles. The number of benzene rings is 2. The molecule has 18 heavy (non-hydrogen) atoms. The van der Waals surface area contributed by atoms with E-state index in [1.165, 1.54) is 12.1 Å². The number of rotatable bonds is 2. The van der Waals surface area contributed by atoms with Crippen LogP contribution in [0.2, 0.25) is 0 Å². The van der Waals surface area contributed by atoms with Crippen LogP contribution in [0.3, 0.4) is 0 Å². The molecule has 0 fully saturated rings. The second kappa shape index (κ2) is 4.82. The quantitative estimate of drug-likeness (QED) is 0.875. The van der Waals surface area contributed by atoms with Gasteiger partial charge in [-0.15, -0.1) is 0 Å². The largest absolute Gasteiger partial charge is 0.508 e. The highest BCUT2D eigenvalue weighted by Gasteiger charge is 2.15. The summed E-state index contributed by atoms with van der Waals surface area (Å²) < 4.78 is 12.4. The molecule has 2 aromatic rings. The van der Waals surface area contributed by atoms with Crippen LogP contribution < -0.4 is 0 Å². The molecule has 0 radical (unpaired) electrons. The van der Waals surface area contributed by atoms with Crippen LogP contribution in [0.15, 0.2) is 46.2 Å². The van der Waals surface area contributed by atoms with Gasteiger partial charge in [0.25, 0.3) is 0 Å². The summed E-state index contributed by atoms with van der Waals surface area (Å²) in [6.45, 7) is 3.50. The summed E-state index contributed by atoms with van der Waals surface area (Å²) >= 11 is 0. The second-order valence-corrected chi connectivity index (χ2v) is 5.59. The van der Waals surface area contributed by atoms with E-state index in [0.717, 1.165) is 5.56 Å². The van der Waals surface area contributed by atoms with Crippen molar-refractivity contribution in [2.75, 3.05) is 0 Å². The molecule has 0 aliphatic carbocycles. The zero-order valence-electron chi connectivity index (χ0n) is 10.2. The third-order valence-corrected chi connectivity index (χ3v) is 4.18. The van der Waals surface area contributed by atoms with E-state index in [-0.39, 0.29) is 11.5 Å². The summed E-state index contributed by atoms with van der Waals surface area (Å²) in [6.07, 6.45) is 0. The van der Waals surface area contributed by atoms with Crippen molar-refractivity contribution >= 4 is 10.8 Å². The van der Waals surface area contributed by atoms with Crippen molar-refractivity contribution in [3.63, 3.8) is 0 Å². The van der Waals surface area contributed by atoms with E-state index >= 15 is 0 Å². The van der Waals surface area contributed by atoms with Gasteiger partial charge in [0, 0.05) is 10.5 Å². The Morgan fingerprint density at radius 3 is 2.44 bits per heavy atom. The lowest BCUT2D eigenvalue weighted by atomic mass is 10.2. The molecule has 94 valence electrons. The Morgan fingerprint density at radius 1 is 1.06 bits per heavy atom. The van der Waals surface area contributed by atoms with Gasteiger partial charge in [-0.2, -0.15) is 0 Å². The maximum atomic E-state index is 12.4. The lowest BCUT2D eigenvalue weighted by Gasteiger charge is -2.09. The van der Waals surface area contributed by atoms with Gasteiger partial charge in [-0.3, -0.25) is 0 Å². The van der Waals surface area contributed by atoms with Crippen LogP contribution >= 0.6 is 0 Å². The molecular formula is C14H14O3S. The zero-order valence-corrected chi connectivity index (χ0v) is 11.0. The first-order valence-electron chi connectivity index (χ1n) is 5.50. The maximum absolute atomic E-state index is 12.4. The molecule has 2 rings (SSSR count). The molecule has 0 amide bonds. The van der Waals surface area contributed by atoms with E-state index in [0.29, 0.717) is 15.4 Å². The maximum Gasteiger partial charge on any atom is 0.138 e. The molecule has 1 atom stereocenters. The van der Waals surface area contributed by atoms with Crippen molar-refractivity contribution in [2.45, 2.75) is 23.6 Å². The van der Waals surface area contributed by atoms with Gasteiger partial charge in [0.05, 0.1) is 15.7 Å². The van der Waals surface area contributed by atoms with Crippen molar-refractivity contribution < 1.29 is 14.4 Å². The predicted octanol–water partition coefficient (Wildman–Crippen LogP) is 2.88. The van der Waals surface area contributed by atoms with Gasteiger partial charge in [-0.1, -0.05) is 12.1 Å². The molecule has 0 aliphatic heterocycles. The highest BCUT2D eigenvalue weighted by atomic mass is 32.2. The number of phenolic OH excluding ortho intramolecular Hbond substituents is 2. The van der Waals surface area contributed by atoms with Crippen LogP contribution in [0, 0.1) is 13.8 Å². The minimum Gasteiger partial charge on any atom is -0.508 e. The van der Waals surface area contributed by atoms with Gasteiger partial charge < -0.3 is 10.2 Å². The average molecular weight is 262 g/mol. The summed E-state index contributed by atoms with van der Waals surface area (Å²) in [5, 5.41) is 19.4. The molecule has 2 N–H and O–H groups in total. The second-order valence-electron chi connectivity index (χ2n) is 4.14. The molecule has 1 unspecified atom stereocenters. The minimum absolute atomic E-state index is 0.00232. The highest BCUT2D eigenvalue weighted by molar-refractivity contribution is 7.85. The number of hydrogen-bond donors (Lipinski definition) is 2. The standard InChI is InChI=1S/C14H14O3S/c1-9-4-3-5-11(8-9)18(17)13-7-6-12(15)10(2)14(13)16/h3-8,15-16H,1-2H3. The fourth-order valence-electron chi connectivity index (χ4n) is 1.67. The van der Waals surface area contributed by atoms with Gasteiger partial charge in [-0.25, -0.2) is 4.21 Å². The Kier molecular flexibility index (Phi) is 3.39. The molecule has 4 heteroatoms. The molecule has 0 saturated heterocycles. The predicted molar refractivity (Wildman–Crippen MR) is 70.4 cm³/mol. The fourth-order valence-corrected chi connectivity index (χ4v) is 2.94. The molecule has 0 aliphatic rings.